The van der Waals surface area contributed by atoms with Crippen LogP contribution in [0, 0.1) is 6.92 Å². The van der Waals surface area contributed by atoms with E-state index in [0.29, 0.717) is 22.3 Å². The van der Waals surface area contributed by atoms with Crippen LogP contribution >= 0.6 is 0 Å². The molecular formula is C14H12N4O2. The van der Waals surface area contributed by atoms with Gasteiger partial charge in [-0.05, 0) is 42.8 Å². The number of nitrogens with zero attached hydrogens (tertiary/aromatic N) is 2. The molecular weight excluding hydrogens is 256 g/mol. The second kappa shape index (κ2) is 4.65. The van der Waals surface area contributed by atoms with Gasteiger partial charge in [0.15, 0.2) is 0 Å². The van der Waals surface area contributed by atoms with Crippen LogP contribution in [0.25, 0.3) is 11.0 Å². The first-order valence-corrected chi connectivity index (χ1v) is 6.05. The van der Waals surface area contributed by atoms with Crippen molar-refractivity contribution in [3.05, 3.63) is 47.5 Å². The molecule has 100 valence electrons. The van der Waals surface area contributed by atoms with Crippen molar-refractivity contribution in [1.29, 1.82) is 0 Å². The fourth-order valence-corrected chi connectivity index (χ4v) is 1.93. The molecule has 0 aliphatic rings. The maximum absolute atomic E-state index is 12.2. The standard InChI is InChI=1S/C14H12N4O2/c1-8-2-5-13(19)12(6-8)15-14(20)9-3-4-10-11(7-9)17-18-16-10/h2-7,19H,1H3,(H,15,20)(H,16,17,18). The summed E-state index contributed by atoms with van der Waals surface area (Å²) in [4.78, 5) is 12.2. The third-order valence-corrected chi connectivity index (χ3v) is 2.98. The molecule has 3 aromatic rings. The first-order chi connectivity index (χ1) is 9.63. The van der Waals surface area contributed by atoms with Crippen LogP contribution in [0.3, 0.4) is 0 Å². The monoisotopic (exact) mass is 268 g/mol. The maximum Gasteiger partial charge on any atom is 0.255 e. The summed E-state index contributed by atoms with van der Waals surface area (Å²) in [6.45, 7) is 1.89. The number of fused-ring (bicyclic) bond motifs is 1. The smallest absolute Gasteiger partial charge is 0.255 e. The average Bonchev–Trinajstić information content (AvgIpc) is 2.90. The number of rotatable bonds is 2. The number of aromatic nitrogens is 3. The van der Waals surface area contributed by atoms with E-state index in [1.165, 1.54) is 0 Å². The minimum atomic E-state index is -0.309. The van der Waals surface area contributed by atoms with Gasteiger partial charge in [-0.1, -0.05) is 6.07 Å². The Hall–Kier alpha value is -2.89. The van der Waals surface area contributed by atoms with Crippen molar-refractivity contribution >= 4 is 22.6 Å². The number of aromatic hydroxyl groups is 1. The fourth-order valence-electron chi connectivity index (χ4n) is 1.93. The maximum atomic E-state index is 12.2. The van der Waals surface area contributed by atoms with Crippen LogP contribution in [0.1, 0.15) is 15.9 Å². The lowest BCUT2D eigenvalue weighted by Crippen LogP contribution is -2.12. The number of benzene rings is 2. The molecule has 0 fully saturated rings. The molecule has 0 unspecified atom stereocenters. The molecule has 2 aromatic carbocycles. The van der Waals surface area contributed by atoms with Crippen LogP contribution < -0.4 is 5.32 Å². The highest BCUT2D eigenvalue weighted by Crippen LogP contribution is 2.24. The van der Waals surface area contributed by atoms with Gasteiger partial charge in [-0.15, -0.1) is 0 Å². The Labute approximate surface area is 114 Å². The second-order valence-corrected chi connectivity index (χ2v) is 4.50. The summed E-state index contributed by atoms with van der Waals surface area (Å²) in [5, 5.41) is 22.8. The number of phenolic OH excluding ortho intramolecular Hbond substituents is 1. The van der Waals surface area contributed by atoms with E-state index < -0.39 is 0 Å². The van der Waals surface area contributed by atoms with E-state index in [0.717, 1.165) is 5.56 Å². The van der Waals surface area contributed by atoms with Gasteiger partial charge in [0.05, 0.1) is 5.69 Å². The summed E-state index contributed by atoms with van der Waals surface area (Å²) in [5.74, 6) is -0.276. The van der Waals surface area contributed by atoms with Crippen LogP contribution in [0.5, 0.6) is 5.75 Å². The van der Waals surface area contributed by atoms with Crippen LogP contribution in [0.15, 0.2) is 36.4 Å². The lowest BCUT2D eigenvalue weighted by molar-refractivity contribution is 0.102. The SMILES string of the molecule is Cc1ccc(O)c(NC(=O)c2ccc3n[nH]nc3c2)c1. The molecule has 0 spiro atoms. The Morgan fingerprint density at radius 3 is 2.80 bits per heavy atom. The van der Waals surface area contributed by atoms with Gasteiger partial charge < -0.3 is 10.4 Å². The Kier molecular flexibility index (Phi) is 2.83. The van der Waals surface area contributed by atoms with E-state index >= 15 is 0 Å². The summed E-state index contributed by atoms with van der Waals surface area (Å²) in [6, 6.07) is 10.0. The summed E-state index contributed by atoms with van der Waals surface area (Å²) in [7, 11) is 0. The number of phenols is 1. The summed E-state index contributed by atoms with van der Waals surface area (Å²) in [5.41, 5.74) is 3.10. The Bertz CT molecular complexity index is 795. The molecule has 3 rings (SSSR count). The fraction of sp³-hybridized carbons (Fsp3) is 0.0714. The zero-order chi connectivity index (χ0) is 14.1. The first kappa shape index (κ1) is 12.2. The lowest BCUT2D eigenvalue weighted by atomic mass is 10.1. The molecule has 3 N–H and O–H groups in total. The van der Waals surface area contributed by atoms with Crippen LogP contribution in [-0.4, -0.2) is 26.4 Å². The summed E-state index contributed by atoms with van der Waals surface area (Å²) in [6.07, 6.45) is 0. The topological polar surface area (TPSA) is 90.9 Å². The number of aryl methyl sites for hydroxylation is 1. The molecule has 0 aliphatic carbocycles. The highest BCUT2D eigenvalue weighted by Gasteiger charge is 2.10. The van der Waals surface area contributed by atoms with Crippen LogP contribution in [0.4, 0.5) is 5.69 Å². The lowest BCUT2D eigenvalue weighted by Gasteiger charge is -2.08. The van der Waals surface area contributed by atoms with Crippen molar-refractivity contribution in [1.82, 2.24) is 15.4 Å². The molecule has 0 atom stereocenters. The number of carbonyl (C=O) groups excluding carboxylic acids is 1. The molecule has 1 heterocycles. The summed E-state index contributed by atoms with van der Waals surface area (Å²) >= 11 is 0. The van der Waals surface area contributed by atoms with Crippen molar-refractivity contribution in [2.75, 3.05) is 5.32 Å². The highest BCUT2D eigenvalue weighted by atomic mass is 16.3. The Morgan fingerprint density at radius 2 is 1.95 bits per heavy atom. The number of amides is 1. The first-order valence-electron chi connectivity index (χ1n) is 6.05. The average molecular weight is 268 g/mol. The van der Waals surface area contributed by atoms with Gasteiger partial charge in [0.2, 0.25) is 0 Å². The number of aromatic amines is 1. The minimum Gasteiger partial charge on any atom is -0.506 e. The van der Waals surface area contributed by atoms with Gasteiger partial charge in [-0.3, -0.25) is 4.79 Å². The van der Waals surface area contributed by atoms with Crippen LogP contribution in [-0.2, 0) is 0 Å². The van der Waals surface area contributed by atoms with E-state index in [-0.39, 0.29) is 11.7 Å². The van der Waals surface area contributed by atoms with Gasteiger partial charge in [-0.2, -0.15) is 15.4 Å². The molecule has 6 nitrogen and oxygen atoms in total. The number of H-pyrrole nitrogens is 1. The van der Waals surface area contributed by atoms with Crippen LogP contribution in [0.2, 0.25) is 0 Å². The van der Waals surface area contributed by atoms with Crippen molar-refractivity contribution in [3.63, 3.8) is 0 Å². The van der Waals surface area contributed by atoms with E-state index in [9.17, 15) is 9.90 Å². The van der Waals surface area contributed by atoms with E-state index in [4.69, 9.17) is 0 Å². The highest BCUT2D eigenvalue weighted by molar-refractivity contribution is 6.06. The molecule has 0 bridgehead atoms. The molecule has 0 saturated carbocycles. The van der Waals surface area contributed by atoms with E-state index in [1.54, 1.807) is 36.4 Å². The zero-order valence-electron chi connectivity index (χ0n) is 10.7. The number of carbonyl (C=O) groups is 1. The quantitative estimate of drug-likeness (QED) is 0.621. The van der Waals surface area contributed by atoms with Crippen molar-refractivity contribution in [2.45, 2.75) is 6.92 Å². The molecule has 0 aliphatic heterocycles. The predicted octanol–water partition coefficient (Wildman–Crippen LogP) is 2.22. The largest absolute Gasteiger partial charge is 0.506 e. The van der Waals surface area contributed by atoms with Gasteiger partial charge in [0.25, 0.3) is 5.91 Å². The van der Waals surface area contributed by atoms with E-state index in [1.807, 2.05) is 6.92 Å². The molecule has 6 heteroatoms. The Morgan fingerprint density at radius 1 is 1.15 bits per heavy atom. The number of anilines is 1. The Balaban J connectivity index is 1.90. The minimum absolute atomic E-state index is 0.0338. The van der Waals surface area contributed by atoms with Gasteiger partial charge in [0, 0.05) is 5.56 Å². The number of hydrogen-bond acceptors (Lipinski definition) is 4. The molecule has 1 amide bonds. The zero-order valence-corrected chi connectivity index (χ0v) is 10.7. The van der Waals surface area contributed by atoms with E-state index in [2.05, 4.69) is 20.7 Å². The van der Waals surface area contributed by atoms with Crippen molar-refractivity contribution < 1.29 is 9.90 Å². The second-order valence-electron chi connectivity index (χ2n) is 4.50. The summed E-state index contributed by atoms with van der Waals surface area (Å²) < 4.78 is 0. The van der Waals surface area contributed by atoms with Gasteiger partial charge >= 0.3 is 0 Å². The van der Waals surface area contributed by atoms with Crippen molar-refractivity contribution in [3.8, 4) is 5.75 Å². The van der Waals surface area contributed by atoms with Gasteiger partial charge in [0.1, 0.15) is 16.8 Å². The number of hydrogen-bond donors (Lipinski definition) is 3. The van der Waals surface area contributed by atoms with Gasteiger partial charge in [-0.25, -0.2) is 0 Å². The predicted molar refractivity (Wildman–Crippen MR) is 74.7 cm³/mol. The molecule has 1 aromatic heterocycles. The molecule has 20 heavy (non-hydrogen) atoms. The van der Waals surface area contributed by atoms with Crippen molar-refractivity contribution in [2.24, 2.45) is 0 Å². The number of nitrogens with one attached hydrogen (secondary N) is 2. The molecule has 0 radical (unpaired) electrons. The molecule has 0 saturated heterocycles. The third-order valence-electron chi connectivity index (χ3n) is 2.98. The normalized spacial score (nSPS) is 10.7. The third kappa shape index (κ3) is 2.18.